The zero-order valence-electron chi connectivity index (χ0n) is 7.75. The molecular formula is C10H12FNO2. The van der Waals surface area contributed by atoms with E-state index in [1.54, 1.807) is 6.07 Å². The number of ether oxygens (including phenoxy) is 1. The molecule has 1 aromatic rings. The van der Waals surface area contributed by atoms with Gasteiger partial charge in [0.1, 0.15) is 11.6 Å². The number of hydrogen-bond acceptors (Lipinski definition) is 3. The highest BCUT2D eigenvalue weighted by Crippen LogP contribution is 2.30. The lowest BCUT2D eigenvalue weighted by molar-refractivity contribution is 0.140. The first-order valence-corrected chi connectivity index (χ1v) is 4.57. The maximum absolute atomic E-state index is 13.4. The van der Waals surface area contributed by atoms with Gasteiger partial charge in [-0.2, -0.15) is 0 Å². The summed E-state index contributed by atoms with van der Waals surface area (Å²) in [6.07, 6.45) is 1.27. The third-order valence-electron chi connectivity index (χ3n) is 2.41. The molecule has 14 heavy (non-hydrogen) atoms. The van der Waals surface area contributed by atoms with Crippen molar-refractivity contribution in [2.75, 3.05) is 13.2 Å². The summed E-state index contributed by atoms with van der Waals surface area (Å²) in [6.45, 7) is 0.961. The fourth-order valence-corrected chi connectivity index (χ4v) is 1.75. The van der Waals surface area contributed by atoms with Crippen molar-refractivity contribution in [2.45, 2.75) is 12.8 Å². The van der Waals surface area contributed by atoms with Crippen LogP contribution in [0.1, 0.15) is 11.1 Å². The van der Waals surface area contributed by atoms with Crippen LogP contribution in [0.4, 0.5) is 4.39 Å². The van der Waals surface area contributed by atoms with Gasteiger partial charge in [-0.25, -0.2) is 10.3 Å². The molecule has 4 heteroatoms. The molecule has 0 atom stereocenters. The summed E-state index contributed by atoms with van der Waals surface area (Å²) in [5, 5.41) is 0. The van der Waals surface area contributed by atoms with Crippen LogP contribution in [0, 0.1) is 5.82 Å². The lowest BCUT2D eigenvalue weighted by Crippen LogP contribution is -2.06. The average Bonchev–Trinajstić information content (AvgIpc) is 2.64. The van der Waals surface area contributed by atoms with Gasteiger partial charge in [0.15, 0.2) is 0 Å². The lowest BCUT2D eigenvalue weighted by atomic mass is 10.0. The molecule has 76 valence electrons. The van der Waals surface area contributed by atoms with Crippen molar-refractivity contribution in [1.29, 1.82) is 0 Å². The SMILES string of the molecule is NOCCc1c(F)ccc2c1CCO2. The highest BCUT2D eigenvalue weighted by atomic mass is 19.1. The van der Waals surface area contributed by atoms with Crippen LogP contribution in [0.3, 0.4) is 0 Å². The van der Waals surface area contributed by atoms with Crippen molar-refractivity contribution < 1.29 is 14.0 Å². The fourth-order valence-electron chi connectivity index (χ4n) is 1.75. The molecule has 0 radical (unpaired) electrons. The topological polar surface area (TPSA) is 44.5 Å². The van der Waals surface area contributed by atoms with Crippen molar-refractivity contribution in [1.82, 2.24) is 0 Å². The van der Waals surface area contributed by atoms with Gasteiger partial charge in [0, 0.05) is 18.4 Å². The number of halogens is 1. The maximum atomic E-state index is 13.4. The van der Waals surface area contributed by atoms with Crippen LogP contribution in [-0.2, 0) is 17.7 Å². The molecule has 0 aliphatic carbocycles. The zero-order valence-corrected chi connectivity index (χ0v) is 7.75. The average molecular weight is 197 g/mol. The van der Waals surface area contributed by atoms with Gasteiger partial charge < -0.3 is 9.57 Å². The van der Waals surface area contributed by atoms with Gasteiger partial charge in [-0.1, -0.05) is 0 Å². The van der Waals surface area contributed by atoms with E-state index in [9.17, 15) is 4.39 Å². The van der Waals surface area contributed by atoms with Gasteiger partial charge in [0.05, 0.1) is 13.2 Å². The van der Waals surface area contributed by atoms with Gasteiger partial charge >= 0.3 is 0 Å². The number of nitrogens with two attached hydrogens (primary N) is 1. The highest BCUT2D eigenvalue weighted by molar-refractivity contribution is 5.43. The molecule has 0 amide bonds. The largest absolute Gasteiger partial charge is 0.493 e. The second-order valence-electron chi connectivity index (χ2n) is 3.22. The van der Waals surface area contributed by atoms with Crippen LogP contribution in [0.2, 0.25) is 0 Å². The normalized spacial score (nSPS) is 13.9. The van der Waals surface area contributed by atoms with E-state index in [-0.39, 0.29) is 5.82 Å². The summed E-state index contributed by atoms with van der Waals surface area (Å²) in [5.74, 6) is 5.51. The third-order valence-corrected chi connectivity index (χ3v) is 2.41. The molecule has 2 N–H and O–H groups in total. The Balaban J connectivity index is 2.31. The number of rotatable bonds is 3. The molecule has 3 nitrogen and oxygen atoms in total. The second kappa shape index (κ2) is 3.94. The molecule has 2 rings (SSSR count). The summed E-state index contributed by atoms with van der Waals surface area (Å²) < 4.78 is 18.8. The van der Waals surface area contributed by atoms with Crippen LogP contribution < -0.4 is 10.6 Å². The number of benzene rings is 1. The second-order valence-corrected chi connectivity index (χ2v) is 3.22. The van der Waals surface area contributed by atoms with Gasteiger partial charge in [0.2, 0.25) is 0 Å². The Labute approximate surface area is 81.6 Å². The van der Waals surface area contributed by atoms with Crippen LogP contribution in [0.25, 0.3) is 0 Å². The summed E-state index contributed by atoms with van der Waals surface area (Å²) in [6, 6.07) is 3.10. The molecule has 1 heterocycles. The fraction of sp³-hybridized carbons (Fsp3) is 0.400. The van der Waals surface area contributed by atoms with Crippen molar-refractivity contribution in [2.24, 2.45) is 5.90 Å². The summed E-state index contributed by atoms with van der Waals surface area (Å²) in [4.78, 5) is 4.45. The minimum atomic E-state index is -0.202. The molecule has 1 aliphatic heterocycles. The van der Waals surface area contributed by atoms with Gasteiger partial charge in [0.25, 0.3) is 0 Å². The van der Waals surface area contributed by atoms with Crippen LogP contribution in [-0.4, -0.2) is 13.2 Å². The van der Waals surface area contributed by atoms with Crippen LogP contribution >= 0.6 is 0 Å². The Hall–Kier alpha value is -1.13. The van der Waals surface area contributed by atoms with Crippen LogP contribution in [0.5, 0.6) is 5.75 Å². The Morgan fingerprint density at radius 1 is 1.50 bits per heavy atom. The first-order valence-electron chi connectivity index (χ1n) is 4.57. The standard InChI is InChI=1S/C10H12FNO2/c11-9-1-2-10-8(3-5-13-10)7(9)4-6-14-12/h1-2H,3-6,12H2. The molecule has 0 spiro atoms. The Kier molecular flexibility index (Phi) is 2.65. The van der Waals surface area contributed by atoms with E-state index in [0.717, 1.165) is 17.7 Å². The highest BCUT2D eigenvalue weighted by Gasteiger charge is 2.18. The van der Waals surface area contributed by atoms with Crippen molar-refractivity contribution in [3.8, 4) is 5.75 Å². The van der Waals surface area contributed by atoms with Crippen molar-refractivity contribution in [3.05, 3.63) is 29.1 Å². The molecule has 0 saturated carbocycles. The molecule has 0 bridgehead atoms. The predicted octanol–water partition coefficient (Wildman–Crippen LogP) is 1.19. The number of hydrogen-bond donors (Lipinski definition) is 1. The Morgan fingerprint density at radius 3 is 3.14 bits per heavy atom. The van der Waals surface area contributed by atoms with E-state index >= 15 is 0 Å². The minimum Gasteiger partial charge on any atom is -0.493 e. The van der Waals surface area contributed by atoms with E-state index in [2.05, 4.69) is 4.84 Å². The first kappa shape index (κ1) is 9.43. The molecule has 0 saturated heterocycles. The zero-order chi connectivity index (χ0) is 9.97. The maximum Gasteiger partial charge on any atom is 0.127 e. The first-order chi connectivity index (χ1) is 6.83. The van der Waals surface area contributed by atoms with Crippen molar-refractivity contribution in [3.63, 3.8) is 0 Å². The van der Waals surface area contributed by atoms with Crippen LogP contribution in [0.15, 0.2) is 12.1 Å². The summed E-state index contributed by atoms with van der Waals surface area (Å²) >= 11 is 0. The summed E-state index contributed by atoms with van der Waals surface area (Å²) in [7, 11) is 0. The van der Waals surface area contributed by atoms with Gasteiger partial charge in [-0.05, 0) is 17.7 Å². The van der Waals surface area contributed by atoms with E-state index in [1.807, 2.05) is 0 Å². The predicted molar refractivity (Wildman–Crippen MR) is 49.4 cm³/mol. The molecule has 0 fully saturated rings. The van der Waals surface area contributed by atoms with E-state index < -0.39 is 0 Å². The van der Waals surface area contributed by atoms with Gasteiger partial charge in [-0.15, -0.1) is 0 Å². The molecule has 0 aromatic heterocycles. The van der Waals surface area contributed by atoms with E-state index in [0.29, 0.717) is 25.2 Å². The smallest absolute Gasteiger partial charge is 0.127 e. The number of fused-ring (bicyclic) bond motifs is 1. The minimum absolute atomic E-state index is 0.202. The van der Waals surface area contributed by atoms with Gasteiger partial charge in [-0.3, -0.25) is 0 Å². The van der Waals surface area contributed by atoms with E-state index in [1.165, 1.54) is 6.07 Å². The summed E-state index contributed by atoms with van der Waals surface area (Å²) in [5.41, 5.74) is 1.63. The molecule has 1 aliphatic rings. The lowest BCUT2D eigenvalue weighted by Gasteiger charge is -2.07. The van der Waals surface area contributed by atoms with E-state index in [4.69, 9.17) is 10.6 Å². The molecular weight excluding hydrogens is 185 g/mol. The third kappa shape index (κ3) is 1.58. The molecule has 0 unspecified atom stereocenters. The molecule has 1 aromatic carbocycles. The monoisotopic (exact) mass is 197 g/mol. The van der Waals surface area contributed by atoms with Crippen molar-refractivity contribution >= 4 is 0 Å². The Morgan fingerprint density at radius 2 is 2.36 bits per heavy atom. The quantitative estimate of drug-likeness (QED) is 0.740. The Bertz CT molecular complexity index is 341.